The van der Waals surface area contributed by atoms with Crippen molar-refractivity contribution >= 4 is 39.5 Å². The number of anilines is 4. The normalized spacial score (nSPS) is 12.2. The molecule has 0 aliphatic carbocycles. The third kappa shape index (κ3) is 8.65. The minimum Gasteiger partial charge on any atom is -0.467 e. The number of methoxy groups -OCH3 is 1. The lowest BCUT2D eigenvalue weighted by Crippen LogP contribution is -2.33. The Kier molecular flexibility index (Phi) is 9.31. The molecular formula is C24H30FN7O4S. The van der Waals surface area contributed by atoms with Crippen LogP contribution in [0.15, 0.2) is 53.4 Å². The third-order valence-corrected chi connectivity index (χ3v) is 6.09. The monoisotopic (exact) mass is 531 g/mol. The van der Waals surface area contributed by atoms with Crippen LogP contribution in [0.3, 0.4) is 0 Å². The van der Waals surface area contributed by atoms with Gasteiger partial charge >= 0.3 is 5.97 Å². The third-order valence-electron chi connectivity index (χ3n) is 5.16. The summed E-state index contributed by atoms with van der Waals surface area (Å²) in [5.41, 5.74) is 1.30. The number of carbonyl (C=O) groups excluding carboxylic acids is 1. The second-order valence-corrected chi connectivity index (χ2v) is 10.2. The topological polar surface area (TPSA) is 161 Å². The zero-order valence-corrected chi connectivity index (χ0v) is 21.5. The number of benzene rings is 2. The molecule has 0 fully saturated rings. The first-order valence-corrected chi connectivity index (χ1v) is 13.1. The maximum Gasteiger partial charge on any atom is 0.328 e. The molecule has 3 aromatic rings. The number of nitrogens with zero attached hydrogens (tertiary/aromatic N) is 3. The highest BCUT2D eigenvalue weighted by atomic mass is 32.2. The molecule has 0 unspecified atom stereocenters. The van der Waals surface area contributed by atoms with E-state index in [-0.39, 0.29) is 28.7 Å². The van der Waals surface area contributed by atoms with Crippen molar-refractivity contribution in [2.75, 3.05) is 29.6 Å². The molecule has 198 valence electrons. The lowest BCUT2D eigenvalue weighted by molar-refractivity contribution is -0.141. The van der Waals surface area contributed by atoms with Gasteiger partial charge in [-0.15, -0.1) is 0 Å². The van der Waals surface area contributed by atoms with Gasteiger partial charge in [-0.1, -0.05) is 32.0 Å². The van der Waals surface area contributed by atoms with E-state index >= 15 is 0 Å². The molecule has 3 rings (SSSR count). The van der Waals surface area contributed by atoms with Crippen LogP contribution < -0.4 is 21.1 Å². The Morgan fingerprint density at radius 3 is 2.35 bits per heavy atom. The van der Waals surface area contributed by atoms with Crippen LogP contribution in [-0.4, -0.2) is 49.0 Å². The van der Waals surface area contributed by atoms with Crippen LogP contribution in [0.1, 0.15) is 25.8 Å². The number of hydrogen-bond acceptors (Lipinski definition) is 10. The van der Waals surface area contributed by atoms with E-state index in [1.807, 2.05) is 13.8 Å². The maximum absolute atomic E-state index is 13.7. The number of halogens is 1. The molecule has 0 spiro atoms. The molecule has 0 amide bonds. The lowest BCUT2D eigenvalue weighted by atomic mass is 10.0. The second kappa shape index (κ2) is 12.4. The highest BCUT2D eigenvalue weighted by Gasteiger charge is 2.22. The zero-order valence-electron chi connectivity index (χ0n) is 20.7. The Morgan fingerprint density at radius 2 is 1.73 bits per heavy atom. The number of sulfonamides is 1. The summed E-state index contributed by atoms with van der Waals surface area (Å²) in [6.45, 7) is 4.36. The van der Waals surface area contributed by atoms with E-state index in [0.717, 1.165) is 5.56 Å². The molecule has 0 bridgehead atoms. The van der Waals surface area contributed by atoms with Crippen molar-refractivity contribution in [3.05, 3.63) is 59.9 Å². The van der Waals surface area contributed by atoms with Crippen molar-refractivity contribution in [2.24, 2.45) is 11.1 Å². The van der Waals surface area contributed by atoms with Crippen LogP contribution >= 0.6 is 0 Å². The first-order chi connectivity index (χ1) is 17.5. The van der Waals surface area contributed by atoms with Gasteiger partial charge in [-0.2, -0.15) is 15.0 Å². The lowest BCUT2D eigenvalue weighted by Gasteiger charge is -2.19. The molecule has 37 heavy (non-hydrogen) atoms. The molecule has 1 heterocycles. The summed E-state index contributed by atoms with van der Waals surface area (Å²) in [4.78, 5) is 25.4. The second-order valence-electron chi connectivity index (χ2n) is 8.66. The van der Waals surface area contributed by atoms with Gasteiger partial charge in [-0.05, 0) is 54.7 Å². The van der Waals surface area contributed by atoms with Gasteiger partial charge in [0.25, 0.3) is 0 Å². The summed E-state index contributed by atoms with van der Waals surface area (Å²) in [5, 5.41) is 14.2. The van der Waals surface area contributed by atoms with Crippen LogP contribution in [0.4, 0.5) is 27.9 Å². The molecule has 0 saturated heterocycles. The number of esters is 1. The minimum absolute atomic E-state index is 0.0343. The predicted octanol–water partition coefficient (Wildman–Crippen LogP) is 3.06. The first-order valence-electron chi connectivity index (χ1n) is 11.5. The van der Waals surface area contributed by atoms with Crippen molar-refractivity contribution in [3.8, 4) is 0 Å². The van der Waals surface area contributed by atoms with Crippen LogP contribution in [0.2, 0.25) is 0 Å². The van der Waals surface area contributed by atoms with E-state index in [9.17, 15) is 17.6 Å². The molecule has 5 N–H and O–H groups in total. The fourth-order valence-electron chi connectivity index (χ4n) is 3.42. The van der Waals surface area contributed by atoms with Gasteiger partial charge in [-0.25, -0.2) is 22.7 Å². The van der Waals surface area contributed by atoms with Gasteiger partial charge in [0.1, 0.15) is 11.9 Å². The average molecular weight is 532 g/mol. The molecule has 1 atom stereocenters. The van der Waals surface area contributed by atoms with Gasteiger partial charge < -0.3 is 20.7 Å². The van der Waals surface area contributed by atoms with E-state index in [1.54, 1.807) is 24.3 Å². The summed E-state index contributed by atoms with van der Waals surface area (Å²) in [6.07, 6.45) is 1.02. The van der Waals surface area contributed by atoms with Gasteiger partial charge in [-0.3, -0.25) is 0 Å². The molecule has 0 aliphatic heterocycles. The number of hydrogen-bond donors (Lipinski definition) is 4. The van der Waals surface area contributed by atoms with E-state index in [2.05, 4.69) is 30.9 Å². The standard InChI is InChI=1S/C24H30FN7O4S/c1-15(2)13-20(21(33)36-3)29-24-31-22(30-23(32-24)28-18-6-4-5-17(25)14-18)27-12-11-16-7-9-19(10-8-16)37(26,34)35/h4-10,14-15,20H,11-13H2,1-3H3,(H2,26,34,35)(H3,27,28,29,30,31,32)/t20-/m1/s1. The molecule has 0 aliphatic rings. The first kappa shape index (κ1) is 27.7. The van der Waals surface area contributed by atoms with Gasteiger partial charge in [0, 0.05) is 12.2 Å². The zero-order chi connectivity index (χ0) is 27.0. The molecule has 2 aromatic carbocycles. The van der Waals surface area contributed by atoms with Crippen molar-refractivity contribution in [3.63, 3.8) is 0 Å². The molecular weight excluding hydrogens is 501 g/mol. The van der Waals surface area contributed by atoms with Crippen molar-refractivity contribution in [2.45, 2.75) is 37.6 Å². The summed E-state index contributed by atoms with van der Waals surface area (Å²) in [7, 11) is -2.45. The van der Waals surface area contributed by atoms with Crippen molar-refractivity contribution in [1.82, 2.24) is 15.0 Å². The molecule has 11 nitrogen and oxygen atoms in total. The van der Waals surface area contributed by atoms with Crippen LogP contribution in [0.25, 0.3) is 0 Å². The number of ether oxygens (including phenoxy) is 1. The summed E-state index contributed by atoms with van der Waals surface area (Å²) in [5.74, 6) is -0.202. The van der Waals surface area contributed by atoms with Crippen LogP contribution in [0, 0.1) is 11.7 Å². The number of nitrogens with two attached hydrogens (primary N) is 1. The fraction of sp³-hybridized carbons (Fsp3) is 0.333. The SMILES string of the molecule is COC(=O)[C@@H](CC(C)C)Nc1nc(NCCc2ccc(S(N)(=O)=O)cc2)nc(Nc2cccc(F)c2)n1. The summed E-state index contributed by atoms with van der Waals surface area (Å²) >= 11 is 0. The molecule has 13 heteroatoms. The van der Waals surface area contributed by atoms with Gasteiger partial charge in [0.15, 0.2) is 0 Å². The van der Waals surface area contributed by atoms with Gasteiger partial charge in [0.2, 0.25) is 27.9 Å². The minimum atomic E-state index is -3.76. The average Bonchev–Trinajstić information content (AvgIpc) is 2.82. The number of aromatic nitrogens is 3. The Labute approximate surface area is 215 Å². The molecule has 0 saturated carbocycles. The number of carbonyl (C=O) groups is 1. The number of rotatable bonds is 12. The van der Waals surface area contributed by atoms with Crippen molar-refractivity contribution < 1.29 is 22.3 Å². The number of nitrogens with one attached hydrogen (secondary N) is 3. The van der Waals surface area contributed by atoms with Gasteiger partial charge in [0.05, 0.1) is 12.0 Å². The van der Waals surface area contributed by atoms with E-state index < -0.39 is 27.9 Å². The highest BCUT2D eigenvalue weighted by Crippen LogP contribution is 2.19. The van der Waals surface area contributed by atoms with E-state index in [4.69, 9.17) is 9.88 Å². The smallest absolute Gasteiger partial charge is 0.328 e. The Balaban J connectivity index is 1.79. The Morgan fingerprint density at radius 1 is 1.05 bits per heavy atom. The van der Waals surface area contributed by atoms with Crippen LogP contribution in [0.5, 0.6) is 0 Å². The Bertz CT molecular complexity index is 1320. The van der Waals surface area contributed by atoms with E-state index in [1.165, 1.54) is 31.4 Å². The quantitative estimate of drug-likeness (QED) is 0.256. The fourth-order valence-corrected chi connectivity index (χ4v) is 3.93. The highest BCUT2D eigenvalue weighted by molar-refractivity contribution is 7.89. The number of primary sulfonamides is 1. The largest absolute Gasteiger partial charge is 0.467 e. The predicted molar refractivity (Wildman–Crippen MR) is 138 cm³/mol. The maximum atomic E-state index is 13.7. The molecule has 1 aromatic heterocycles. The van der Waals surface area contributed by atoms with E-state index in [0.29, 0.717) is 25.1 Å². The van der Waals surface area contributed by atoms with Crippen molar-refractivity contribution in [1.29, 1.82) is 0 Å². The molecule has 0 radical (unpaired) electrons. The summed E-state index contributed by atoms with van der Waals surface area (Å²) in [6, 6.07) is 11.4. The summed E-state index contributed by atoms with van der Waals surface area (Å²) < 4.78 is 41.4. The van der Waals surface area contributed by atoms with Crippen LogP contribution in [-0.2, 0) is 26.0 Å². The Hall–Kier alpha value is -3.84.